The molecular weight excluding hydrogens is 244 g/mol. The fourth-order valence-corrected chi connectivity index (χ4v) is 2.67. The van der Waals surface area contributed by atoms with Crippen LogP contribution in [0.5, 0.6) is 0 Å². The average molecular weight is 267 g/mol. The molecule has 0 saturated carbocycles. The van der Waals surface area contributed by atoms with Crippen molar-refractivity contribution in [2.45, 2.75) is 39.0 Å². The number of rotatable bonds is 4. The van der Waals surface area contributed by atoms with Crippen molar-refractivity contribution in [1.29, 1.82) is 0 Å². The summed E-state index contributed by atoms with van der Waals surface area (Å²) in [6.07, 6.45) is 3.28. The summed E-state index contributed by atoms with van der Waals surface area (Å²) in [6, 6.07) is 6.96. The van der Waals surface area contributed by atoms with Crippen LogP contribution in [0.15, 0.2) is 24.3 Å². The molecule has 3 heteroatoms. The van der Waals surface area contributed by atoms with Crippen LogP contribution in [0.4, 0.5) is 8.78 Å². The molecule has 1 saturated heterocycles. The van der Waals surface area contributed by atoms with Gasteiger partial charge in [0.15, 0.2) is 0 Å². The van der Waals surface area contributed by atoms with Crippen LogP contribution in [0.25, 0.3) is 0 Å². The zero-order chi connectivity index (χ0) is 13.9. The summed E-state index contributed by atoms with van der Waals surface area (Å²) >= 11 is 0. The molecule has 1 nitrogen and oxygen atoms in total. The van der Waals surface area contributed by atoms with Crippen LogP contribution < -0.4 is 5.32 Å². The van der Waals surface area contributed by atoms with E-state index in [1.165, 1.54) is 12.8 Å². The van der Waals surface area contributed by atoms with Gasteiger partial charge in [-0.1, -0.05) is 32.0 Å². The first-order valence-corrected chi connectivity index (χ1v) is 7.18. The van der Waals surface area contributed by atoms with Crippen LogP contribution in [0.2, 0.25) is 0 Å². The van der Waals surface area contributed by atoms with Crippen molar-refractivity contribution in [1.82, 2.24) is 5.32 Å². The van der Waals surface area contributed by atoms with Crippen molar-refractivity contribution in [2.24, 2.45) is 11.8 Å². The second kappa shape index (κ2) is 6.00. The van der Waals surface area contributed by atoms with E-state index in [0.717, 1.165) is 25.1 Å². The topological polar surface area (TPSA) is 12.0 Å². The van der Waals surface area contributed by atoms with Gasteiger partial charge in [0.25, 0.3) is 5.92 Å². The van der Waals surface area contributed by atoms with Crippen molar-refractivity contribution < 1.29 is 8.78 Å². The summed E-state index contributed by atoms with van der Waals surface area (Å²) in [7, 11) is 0. The number of alkyl halides is 2. The first-order valence-electron chi connectivity index (χ1n) is 7.18. The lowest BCUT2D eigenvalue weighted by atomic mass is 9.90. The number of halogens is 2. The fourth-order valence-electron chi connectivity index (χ4n) is 2.67. The first kappa shape index (κ1) is 14.4. The average Bonchev–Trinajstić information content (AvgIpc) is 2.40. The van der Waals surface area contributed by atoms with Gasteiger partial charge in [0.2, 0.25) is 0 Å². The molecule has 1 N–H and O–H groups in total. The molecular formula is C16H23F2N. The van der Waals surface area contributed by atoms with Crippen LogP contribution >= 0.6 is 0 Å². The van der Waals surface area contributed by atoms with Gasteiger partial charge in [-0.15, -0.1) is 0 Å². The second-order valence-electron chi connectivity index (χ2n) is 5.89. The molecule has 1 heterocycles. The van der Waals surface area contributed by atoms with E-state index in [9.17, 15) is 8.78 Å². The van der Waals surface area contributed by atoms with E-state index in [-0.39, 0.29) is 5.56 Å². The number of hydrogen-bond donors (Lipinski definition) is 1. The van der Waals surface area contributed by atoms with Gasteiger partial charge in [-0.3, -0.25) is 0 Å². The number of benzene rings is 1. The maximum atomic E-state index is 14.0. The van der Waals surface area contributed by atoms with Gasteiger partial charge in [0.1, 0.15) is 0 Å². The smallest absolute Gasteiger partial charge is 0.275 e. The minimum Gasteiger partial charge on any atom is -0.316 e. The van der Waals surface area contributed by atoms with E-state index in [1.54, 1.807) is 32.0 Å². The zero-order valence-electron chi connectivity index (χ0n) is 11.8. The largest absolute Gasteiger partial charge is 0.316 e. The van der Waals surface area contributed by atoms with Crippen molar-refractivity contribution in [2.75, 3.05) is 13.1 Å². The third-order valence-electron chi connectivity index (χ3n) is 3.96. The Balaban J connectivity index is 2.10. The van der Waals surface area contributed by atoms with Gasteiger partial charge >= 0.3 is 0 Å². The second-order valence-corrected chi connectivity index (χ2v) is 5.89. The van der Waals surface area contributed by atoms with E-state index < -0.39 is 11.8 Å². The summed E-state index contributed by atoms with van der Waals surface area (Å²) in [5.74, 6) is -2.82. The van der Waals surface area contributed by atoms with Crippen LogP contribution in [0.3, 0.4) is 0 Å². The predicted molar refractivity (Wildman–Crippen MR) is 74.5 cm³/mol. The minimum absolute atomic E-state index is 0.156. The Morgan fingerprint density at radius 3 is 2.79 bits per heavy atom. The number of piperidine rings is 1. The standard InChI is InChI=1S/C16H23F2N/c1-12(2)16(17,18)15-7-3-5-13(10-15)9-14-6-4-8-19-11-14/h3,5,7,10,12,14,19H,4,6,8-9,11H2,1-2H3. The maximum absolute atomic E-state index is 14.0. The predicted octanol–water partition coefficient (Wildman–Crippen LogP) is 3.98. The van der Waals surface area contributed by atoms with Gasteiger partial charge in [0.05, 0.1) is 0 Å². The Labute approximate surface area is 114 Å². The molecule has 1 aliphatic rings. The zero-order valence-corrected chi connectivity index (χ0v) is 11.8. The van der Waals surface area contributed by atoms with Crippen molar-refractivity contribution in [3.8, 4) is 0 Å². The molecule has 1 aromatic rings. The summed E-state index contributed by atoms with van der Waals surface area (Å²) in [6.45, 7) is 5.22. The third kappa shape index (κ3) is 3.53. The van der Waals surface area contributed by atoms with E-state index in [4.69, 9.17) is 0 Å². The van der Waals surface area contributed by atoms with Crippen LogP contribution in [-0.4, -0.2) is 13.1 Å². The van der Waals surface area contributed by atoms with Crippen molar-refractivity contribution >= 4 is 0 Å². The van der Waals surface area contributed by atoms with E-state index in [0.29, 0.717) is 5.92 Å². The highest BCUT2D eigenvalue weighted by Gasteiger charge is 2.35. The SMILES string of the molecule is CC(C)C(F)(F)c1cccc(CC2CCCNC2)c1. The summed E-state index contributed by atoms with van der Waals surface area (Å²) in [5.41, 5.74) is 1.19. The normalized spacial score (nSPS) is 20.8. The first-order chi connectivity index (χ1) is 9.00. The van der Waals surface area contributed by atoms with Crippen LogP contribution in [-0.2, 0) is 12.3 Å². The molecule has 0 spiro atoms. The molecule has 1 unspecified atom stereocenters. The third-order valence-corrected chi connectivity index (χ3v) is 3.96. The van der Waals surface area contributed by atoms with Gasteiger partial charge in [0, 0.05) is 11.5 Å². The molecule has 0 aromatic heterocycles. The highest BCUT2D eigenvalue weighted by molar-refractivity contribution is 5.27. The molecule has 0 bridgehead atoms. The lowest BCUT2D eigenvalue weighted by Crippen LogP contribution is -2.31. The molecule has 19 heavy (non-hydrogen) atoms. The molecule has 1 atom stereocenters. The molecule has 1 aliphatic heterocycles. The van der Waals surface area contributed by atoms with Crippen molar-refractivity contribution in [3.05, 3.63) is 35.4 Å². The Morgan fingerprint density at radius 1 is 1.37 bits per heavy atom. The summed E-state index contributed by atoms with van der Waals surface area (Å²) in [4.78, 5) is 0. The van der Waals surface area contributed by atoms with Gasteiger partial charge in [-0.2, -0.15) is 0 Å². The Bertz CT molecular complexity index is 409. The Kier molecular flexibility index (Phi) is 4.56. The number of hydrogen-bond acceptors (Lipinski definition) is 1. The summed E-state index contributed by atoms with van der Waals surface area (Å²) < 4.78 is 28.0. The van der Waals surface area contributed by atoms with Gasteiger partial charge in [-0.05, 0) is 49.9 Å². The number of nitrogens with one attached hydrogen (secondary N) is 1. The highest BCUT2D eigenvalue weighted by atomic mass is 19.3. The molecule has 0 amide bonds. The molecule has 1 aromatic carbocycles. The van der Waals surface area contributed by atoms with Gasteiger partial charge < -0.3 is 5.32 Å². The van der Waals surface area contributed by atoms with E-state index >= 15 is 0 Å². The Hall–Kier alpha value is -0.960. The molecule has 0 radical (unpaired) electrons. The Morgan fingerprint density at radius 2 is 2.16 bits per heavy atom. The van der Waals surface area contributed by atoms with Crippen LogP contribution in [0, 0.1) is 11.8 Å². The highest BCUT2D eigenvalue weighted by Crippen LogP contribution is 2.36. The molecule has 1 fully saturated rings. The van der Waals surface area contributed by atoms with Crippen molar-refractivity contribution in [3.63, 3.8) is 0 Å². The van der Waals surface area contributed by atoms with E-state index in [2.05, 4.69) is 5.32 Å². The molecule has 0 aliphatic carbocycles. The summed E-state index contributed by atoms with van der Waals surface area (Å²) in [5, 5.41) is 3.37. The quantitative estimate of drug-likeness (QED) is 0.870. The van der Waals surface area contributed by atoms with Crippen LogP contribution in [0.1, 0.15) is 37.8 Å². The lowest BCUT2D eigenvalue weighted by molar-refractivity contribution is -0.0514. The molecule has 2 rings (SSSR count). The van der Waals surface area contributed by atoms with E-state index in [1.807, 2.05) is 6.07 Å². The minimum atomic E-state index is -2.74. The maximum Gasteiger partial charge on any atom is 0.275 e. The monoisotopic (exact) mass is 267 g/mol. The fraction of sp³-hybridized carbons (Fsp3) is 0.625. The van der Waals surface area contributed by atoms with Gasteiger partial charge in [-0.25, -0.2) is 8.78 Å². The lowest BCUT2D eigenvalue weighted by Gasteiger charge is -2.24. The molecule has 106 valence electrons.